The van der Waals surface area contributed by atoms with Crippen molar-refractivity contribution >= 4 is 6.21 Å². The smallest absolute Gasteiger partial charge is 0.148 e. The Morgan fingerprint density at radius 1 is 1.45 bits per heavy atom. The molecule has 0 bridgehead atoms. The fourth-order valence-electron chi connectivity index (χ4n) is 1.54. The van der Waals surface area contributed by atoms with Crippen molar-refractivity contribution in [2.24, 2.45) is 10.9 Å². The zero-order valence-corrected chi connectivity index (χ0v) is 6.53. The molecule has 1 unspecified atom stereocenters. The highest BCUT2D eigenvalue weighted by atomic mass is 16.3. The monoisotopic (exact) mass is 151 g/mol. The molecule has 0 amide bonds. The van der Waals surface area contributed by atoms with Crippen molar-refractivity contribution in [3.63, 3.8) is 0 Å². The van der Waals surface area contributed by atoms with Crippen LogP contribution in [0.2, 0.25) is 0 Å². The molecule has 1 heterocycles. The van der Waals surface area contributed by atoms with E-state index in [0.29, 0.717) is 6.42 Å². The van der Waals surface area contributed by atoms with Crippen LogP contribution in [-0.4, -0.2) is 17.5 Å². The average Bonchev–Trinajstić information content (AvgIpc) is 1.90. The van der Waals surface area contributed by atoms with Crippen LogP contribution in [-0.2, 0) is 0 Å². The quantitative estimate of drug-likeness (QED) is 0.605. The van der Waals surface area contributed by atoms with Crippen molar-refractivity contribution in [2.75, 3.05) is 0 Å². The van der Waals surface area contributed by atoms with Gasteiger partial charge in [0.05, 0.1) is 0 Å². The number of hydrogen-bond acceptors (Lipinski definition) is 2. The van der Waals surface area contributed by atoms with E-state index in [-0.39, 0.29) is 0 Å². The predicted octanol–water partition coefficient (Wildman–Crippen LogP) is 1.51. The highest BCUT2D eigenvalue weighted by molar-refractivity contribution is 5.80. The van der Waals surface area contributed by atoms with E-state index in [1.54, 1.807) is 0 Å². The van der Waals surface area contributed by atoms with Gasteiger partial charge in [0.25, 0.3) is 0 Å². The third kappa shape index (κ3) is 1.36. The molecule has 2 aliphatic rings. The fraction of sp³-hybridized carbons (Fsp3) is 0.667. The average molecular weight is 151 g/mol. The van der Waals surface area contributed by atoms with Gasteiger partial charge in [-0.25, -0.2) is 0 Å². The van der Waals surface area contributed by atoms with E-state index in [2.05, 4.69) is 11.1 Å². The van der Waals surface area contributed by atoms with Crippen LogP contribution < -0.4 is 0 Å². The molecule has 1 N–H and O–H groups in total. The Balaban J connectivity index is 1.99. The molecule has 1 atom stereocenters. The number of rotatable bonds is 1. The zero-order valence-electron chi connectivity index (χ0n) is 6.53. The second-order valence-corrected chi connectivity index (χ2v) is 3.33. The Morgan fingerprint density at radius 2 is 2.27 bits per heavy atom. The first-order valence-corrected chi connectivity index (χ1v) is 4.27. The van der Waals surface area contributed by atoms with E-state index in [0.717, 1.165) is 5.92 Å². The summed E-state index contributed by atoms with van der Waals surface area (Å²) in [7, 11) is 0. The first kappa shape index (κ1) is 7.04. The standard InChI is InChI=1S/C9H13NO/c11-9-5-4-8(6-10-9)7-2-1-3-7/h4,6-7,9,11H,1-3,5H2. The molecule has 1 aliphatic carbocycles. The van der Waals surface area contributed by atoms with Gasteiger partial charge < -0.3 is 5.11 Å². The molecule has 1 fully saturated rings. The number of hydrogen-bond donors (Lipinski definition) is 1. The predicted molar refractivity (Wildman–Crippen MR) is 44.5 cm³/mol. The number of dihydropyridines is 1. The molecule has 0 aromatic carbocycles. The minimum Gasteiger partial charge on any atom is -0.371 e. The molecule has 60 valence electrons. The van der Waals surface area contributed by atoms with Crippen LogP contribution in [0.4, 0.5) is 0 Å². The second-order valence-electron chi connectivity index (χ2n) is 3.33. The summed E-state index contributed by atoms with van der Waals surface area (Å²) in [4.78, 5) is 3.98. The van der Waals surface area contributed by atoms with Crippen LogP contribution in [0, 0.1) is 5.92 Å². The summed E-state index contributed by atoms with van der Waals surface area (Å²) in [5, 5.41) is 9.06. The van der Waals surface area contributed by atoms with Crippen LogP contribution in [0.1, 0.15) is 25.7 Å². The summed E-state index contributed by atoms with van der Waals surface area (Å²) in [6.07, 6.45) is 8.20. The lowest BCUT2D eigenvalue weighted by molar-refractivity contribution is 0.186. The summed E-state index contributed by atoms with van der Waals surface area (Å²) >= 11 is 0. The molecule has 1 aliphatic heterocycles. The number of aliphatic imine (C=N–C) groups is 1. The van der Waals surface area contributed by atoms with E-state index in [1.165, 1.54) is 24.8 Å². The molecule has 1 saturated carbocycles. The lowest BCUT2D eigenvalue weighted by Gasteiger charge is -2.27. The second kappa shape index (κ2) is 2.78. The van der Waals surface area contributed by atoms with Crippen molar-refractivity contribution < 1.29 is 5.11 Å². The van der Waals surface area contributed by atoms with Crippen LogP contribution in [0.25, 0.3) is 0 Å². The van der Waals surface area contributed by atoms with Gasteiger partial charge in [-0.3, -0.25) is 4.99 Å². The number of aliphatic hydroxyl groups is 1. The minimum atomic E-state index is -0.473. The maximum absolute atomic E-state index is 9.06. The van der Waals surface area contributed by atoms with Gasteiger partial charge in [-0.2, -0.15) is 0 Å². The number of nitrogens with zero attached hydrogens (tertiary/aromatic N) is 1. The van der Waals surface area contributed by atoms with Gasteiger partial charge >= 0.3 is 0 Å². The van der Waals surface area contributed by atoms with Crippen molar-refractivity contribution in [3.8, 4) is 0 Å². The van der Waals surface area contributed by atoms with Crippen molar-refractivity contribution in [1.29, 1.82) is 0 Å². The lowest BCUT2D eigenvalue weighted by Crippen LogP contribution is -2.18. The van der Waals surface area contributed by atoms with Gasteiger partial charge in [-0.15, -0.1) is 0 Å². The normalized spacial score (nSPS) is 31.4. The lowest BCUT2D eigenvalue weighted by atomic mass is 9.79. The van der Waals surface area contributed by atoms with Crippen LogP contribution in [0.3, 0.4) is 0 Å². The maximum Gasteiger partial charge on any atom is 0.148 e. The first-order valence-electron chi connectivity index (χ1n) is 4.27. The van der Waals surface area contributed by atoms with Crippen molar-refractivity contribution in [3.05, 3.63) is 11.6 Å². The van der Waals surface area contributed by atoms with E-state index in [1.807, 2.05) is 6.21 Å². The number of allylic oxidation sites excluding steroid dienone is 1. The summed E-state index contributed by atoms with van der Waals surface area (Å²) in [5.41, 5.74) is 1.35. The first-order chi connectivity index (χ1) is 5.36. The third-order valence-electron chi connectivity index (χ3n) is 2.54. The maximum atomic E-state index is 9.06. The highest BCUT2D eigenvalue weighted by Gasteiger charge is 2.22. The Bertz CT molecular complexity index is 204. The highest BCUT2D eigenvalue weighted by Crippen LogP contribution is 2.33. The molecular weight excluding hydrogens is 138 g/mol. The Hall–Kier alpha value is -0.630. The van der Waals surface area contributed by atoms with Gasteiger partial charge in [0.15, 0.2) is 0 Å². The van der Waals surface area contributed by atoms with Crippen molar-refractivity contribution in [1.82, 2.24) is 0 Å². The SMILES string of the molecule is OC1CC=C(C2CCC2)C=N1. The van der Waals surface area contributed by atoms with Gasteiger partial charge in [-0.05, 0) is 24.3 Å². The van der Waals surface area contributed by atoms with Crippen LogP contribution in [0.15, 0.2) is 16.6 Å². The van der Waals surface area contributed by atoms with E-state index < -0.39 is 6.23 Å². The molecule has 11 heavy (non-hydrogen) atoms. The molecule has 0 spiro atoms. The van der Waals surface area contributed by atoms with Gasteiger partial charge in [0.1, 0.15) is 6.23 Å². The summed E-state index contributed by atoms with van der Waals surface area (Å²) < 4.78 is 0. The Kier molecular flexibility index (Phi) is 1.78. The third-order valence-corrected chi connectivity index (χ3v) is 2.54. The van der Waals surface area contributed by atoms with Gasteiger partial charge in [0, 0.05) is 12.6 Å². The van der Waals surface area contributed by atoms with Gasteiger partial charge in [-0.1, -0.05) is 12.5 Å². The van der Waals surface area contributed by atoms with E-state index in [9.17, 15) is 0 Å². The topological polar surface area (TPSA) is 32.6 Å². The molecular formula is C9H13NO. The number of aliphatic hydroxyl groups excluding tert-OH is 1. The molecule has 2 rings (SSSR count). The molecule has 0 radical (unpaired) electrons. The Morgan fingerprint density at radius 3 is 2.73 bits per heavy atom. The van der Waals surface area contributed by atoms with Crippen LogP contribution in [0.5, 0.6) is 0 Å². The summed E-state index contributed by atoms with van der Waals surface area (Å²) in [6, 6.07) is 0. The largest absolute Gasteiger partial charge is 0.371 e. The van der Waals surface area contributed by atoms with Gasteiger partial charge in [0.2, 0.25) is 0 Å². The van der Waals surface area contributed by atoms with E-state index in [4.69, 9.17) is 5.11 Å². The minimum absolute atomic E-state index is 0.473. The molecule has 2 nitrogen and oxygen atoms in total. The fourth-order valence-corrected chi connectivity index (χ4v) is 1.54. The van der Waals surface area contributed by atoms with E-state index >= 15 is 0 Å². The zero-order chi connectivity index (χ0) is 7.68. The van der Waals surface area contributed by atoms with Crippen molar-refractivity contribution in [2.45, 2.75) is 31.9 Å². The summed E-state index contributed by atoms with van der Waals surface area (Å²) in [5.74, 6) is 0.756. The summed E-state index contributed by atoms with van der Waals surface area (Å²) in [6.45, 7) is 0. The molecule has 0 saturated heterocycles. The Labute approximate surface area is 66.6 Å². The van der Waals surface area contributed by atoms with Crippen LogP contribution >= 0.6 is 0 Å². The molecule has 2 heteroatoms. The molecule has 0 aromatic heterocycles. The molecule has 0 aromatic rings.